The molecule has 0 fully saturated rings. The number of hydrogen-bond donors (Lipinski definition) is 1. The third-order valence-corrected chi connectivity index (χ3v) is 5.51. The minimum Gasteiger partial charge on any atom is -0.389 e. The van der Waals surface area contributed by atoms with E-state index in [1.165, 1.54) is 4.70 Å². The monoisotopic (exact) mass is 267 g/mol. The Bertz CT molecular complexity index is 472. The van der Waals surface area contributed by atoms with Crippen molar-refractivity contribution in [2.45, 2.75) is 30.7 Å². The van der Waals surface area contributed by atoms with E-state index in [1.54, 1.807) is 23.1 Å². The maximum absolute atomic E-state index is 10.2. The van der Waals surface area contributed by atoms with Crippen LogP contribution in [-0.4, -0.2) is 21.4 Å². The second-order valence-electron chi connectivity index (χ2n) is 4.75. The molecule has 2 rings (SSSR count). The van der Waals surface area contributed by atoms with Crippen molar-refractivity contribution in [3.05, 3.63) is 24.3 Å². The van der Waals surface area contributed by atoms with Gasteiger partial charge in [-0.1, -0.05) is 37.7 Å². The van der Waals surface area contributed by atoms with Gasteiger partial charge in [-0.2, -0.15) is 0 Å². The highest BCUT2D eigenvalue weighted by Gasteiger charge is 2.25. The van der Waals surface area contributed by atoms with Crippen LogP contribution in [0.3, 0.4) is 0 Å². The second kappa shape index (κ2) is 4.96. The molecule has 0 bridgehead atoms. The molecule has 1 aromatic heterocycles. The van der Waals surface area contributed by atoms with Gasteiger partial charge in [-0.05, 0) is 25.0 Å². The average Bonchev–Trinajstić information content (AvgIpc) is 2.69. The maximum Gasteiger partial charge on any atom is 0.151 e. The zero-order valence-electron chi connectivity index (χ0n) is 10.3. The summed E-state index contributed by atoms with van der Waals surface area (Å²) in [4.78, 5) is 4.55. The summed E-state index contributed by atoms with van der Waals surface area (Å²) in [6.45, 7) is 5.97. The minimum atomic E-state index is -0.636. The van der Waals surface area contributed by atoms with Gasteiger partial charge in [0.1, 0.15) is 0 Å². The van der Waals surface area contributed by atoms with Crippen molar-refractivity contribution in [1.82, 2.24) is 4.98 Å². The van der Waals surface area contributed by atoms with Gasteiger partial charge in [0.2, 0.25) is 0 Å². The lowest BCUT2D eigenvalue weighted by Gasteiger charge is -2.26. The van der Waals surface area contributed by atoms with Gasteiger partial charge < -0.3 is 5.11 Å². The van der Waals surface area contributed by atoms with Crippen molar-refractivity contribution in [2.24, 2.45) is 5.92 Å². The van der Waals surface area contributed by atoms with Gasteiger partial charge in [0.05, 0.1) is 15.8 Å². The first-order valence-electron chi connectivity index (χ1n) is 5.70. The van der Waals surface area contributed by atoms with Crippen LogP contribution >= 0.6 is 23.1 Å². The van der Waals surface area contributed by atoms with Crippen LogP contribution in [0, 0.1) is 5.92 Å². The number of benzene rings is 1. The van der Waals surface area contributed by atoms with Crippen LogP contribution in [0.15, 0.2) is 28.6 Å². The number of thioether (sulfide) groups is 1. The Morgan fingerprint density at radius 3 is 2.76 bits per heavy atom. The van der Waals surface area contributed by atoms with E-state index in [4.69, 9.17) is 0 Å². The van der Waals surface area contributed by atoms with E-state index in [0.717, 1.165) is 9.86 Å². The molecule has 0 saturated carbocycles. The molecular formula is C13H17NOS2. The zero-order valence-corrected chi connectivity index (χ0v) is 11.9. The Balaban J connectivity index is 2.09. The van der Waals surface area contributed by atoms with Crippen LogP contribution in [0.5, 0.6) is 0 Å². The zero-order chi connectivity index (χ0) is 12.5. The Hall–Kier alpha value is -0.580. The quantitative estimate of drug-likeness (QED) is 0.855. The number of hydrogen-bond acceptors (Lipinski definition) is 4. The highest BCUT2D eigenvalue weighted by atomic mass is 32.2. The fourth-order valence-corrected chi connectivity index (χ4v) is 3.58. The summed E-state index contributed by atoms with van der Waals surface area (Å²) in [5.41, 5.74) is 0.409. The number of aliphatic hydroxyl groups is 1. The van der Waals surface area contributed by atoms with Crippen molar-refractivity contribution in [3.8, 4) is 0 Å². The highest BCUT2D eigenvalue weighted by molar-refractivity contribution is 8.01. The minimum absolute atomic E-state index is 0.254. The van der Waals surface area contributed by atoms with Crippen molar-refractivity contribution < 1.29 is 5.11 Å². The molecule has 1 atom stereocenters. The molecule has 1 N–H and O–H groups in total. The molecule has 0 aliphatic heterocycles. The summed E-state index contributed by atoms with van der Waals surface area (Å²) >= 11 is 3.33. The van der Waals surface area contributed by atoms with Crippen LogP contribution in [0.2, 0.25) is 0 Å². The third kappa shape index (κ3) is 3.00. The fourth-order valence-electron chi connectivity index (χ4n) is 1.29. The lowest BCUT2D eigenvalue weighted by atomic mass is 9.95. The van der Waals surface area contributed by atoms with Gasteiger partial charge in [-0.25, -0.2) is 4.98 Å². The molecule has 4 heteroatoms. The van der Waals surface area contributed by atoms with Crippen molar-refractivity contribution in [3.63, 3.8) is 0 Å². The molecule has 1 unspecified atom stereocenters. The standard InChI is InChI=1S/C13H17NOS2/c1-9(2)13(3,15)8-16-12-14-10-6-4-5-7-11(10)17-12/h4-7,9,15H,8H2,1-3H3. The molecule has 1 aromatic carbocycles. The van der Waals surface area contributed by atoms with E-state index in [-0.39, 0.29) is 5.92 Å². The lowest BCUT2D eigenvalue weighted by molar-refractivity contribution is 0.0376. The number of para-hydroxylation sites is 1. The van der Waals surface area contributed by atoms with Gasteiger partial charge in [-0.15, -0.1) is 11.3 Å². The molecule has 2 aromatic rings. The number of thiazole rings is 1. The molecule has 0 saturated heterocycles. The molecule has 0 radical (unpaired) electrons. The Morgan fingerprint density at radius 2 is 2.12 bits per heavy atom. The van der Waals surface area contributed by atoms with Crippen LogP contribution < -0.4 is 0 Å². The topological polar surface area (TPSA) is 33.1 Å². The Morgan fingerprint density at radius 1 is 1.41 bits per heavy atom. The second-order valence-corrected chi connectivity index (χ2v) is 7.00. The Kier molecular flexibility index (Phi) is 3.76. The smallest absolute Gasteiger partial charge is 0.151 e. The molecule has 17 heavy (non-hydrogen) atoms. The summed E-state index contributed by atoms with van der Waals surface area (Å²) in [5, 5.41) is 10.2. The number of aromatic nitrogens is 1. The van der Waals surface area contributed by atoms with Gasteiger partial charge in [0, 0.05) is 5.75 Å². The van der Waals surface area contributed by atoms with Crippen LogP contribution in [0.4, 0.5) is 0 Å². The summed E-state index contributed by atoms with van der Waals surface area (Å²) in [6.07, 6.45) is 0. The molecule has 0 spiro atoms. The average molecular weight is 267 g/mol. The molecule has 2 nitrogen and oxygen atoms in total. The van der Waals surface area contributed by atoms with E-state index in [2.05, 4.69) is 11.1 Å². The third-order valence-electron chi connectivity index (χ3n) is 3.01. The van der Waals surface area contributed by atoms with Crippen molar-refractivity contribution in [2.75, 3.05) is 5.75 Å². The van der Waals surface area contributed by atoms with Gasteiger partial charge in [0.15, 0.2) is 4.34 Å². The van der Waals surface area contributed by atoms with Gasteiger partial charge in [-0.3, -0.25) is 0 Å². The molecule has 0 amide bonds. The first-order chi connectivity index (χ1) is 7.99. The predicted octanol–water partition coefficient (Wildman–Crippen LogP) is 3.80. The normalized spacial score (nSPS) is 15.4. The Labute approximate surface area is 110 Å². The first kappa shape index (κ1) is 12.9. The SMILES string of the molecule is CC(C)C(C)(O)CSc1nc2ccccc2s1. The summed E-state index contributed by atoms with van der Waals surface area (Å²) < 4.78 is 2.24. The number of fused-ring (bicyclic) bond motifs is 1. The number of rotatable bonds is 4. The molecule has 1 heterocycles. The number of nitrogens with zero attached hydrogens (tertiary/aromatic N) is 1. The van der Waals surface area contributed by atoms with Crippen molar-refractivity contribution >= 4 is 33.3 Å². The highest BCUT2D eigenvalue weighted by Crippen LogP contribution is 2.32. The largest absolute Gasteiger partial charge is 0.389 e. The fraction of sp³-hybridized carbons (Fsp3) is 0.462. The molecule has 0 aliphatic rings. The van der Waals surface area contributed by atoms with Crippen LogP contribution in [0.25, 0.3) is 10.2 Å². The summed E-state index contributed by atoms with van der Waals surface area (Å²) in [6, 6.07) is 8.13. The lowest BCUT2D eigenvalue weighted by Crippen LogP contribution is -2.33. The maximum atomic E-state index is 10.2. The summed E-state index contributed by atoms with van der Waals surface area (Å²) in [7, 11) is 0. The van der Waals surface area contributed by atoms with E-state index >= 15 is 0 Å². The van der Waals surface area contributed by atoms with Crippen LogP contribution in [-0.2, 0) is 0 Å². The first-order valence-corrected chi connectivity index (χ1v) is 7.50. The van der Waals surface area contributed by atoms with Crippen molar-refractivity contribution in [1.29, 1.82) is 0 Å². The van der Waals surface area contributed by atoms with E-state index in [1.807, 2.05) is 39.0 Å². The molecule has 0 aliphatic carbocycles. The van der Waals surface area contributed by atoms with E-state index < -0.39 is 5.60 Å². The molecule has 92 valence electrons. The van der Waals surface area contributed by atoms with Gasteiger partial charge in [0.25, 0.3) is 0 Å². The van der Waals surface area contributed by atoms with Gasteiger partial charge >= 0.3 is 0 Å². The van der Waals surface area contributed by atoms with E-state index in [0.29, 0.717) is 5.75 Å². The molecular weight excluding hydrogens is 250 g/mol. The predicted molar refractivity (Wildman–Crippen MR) is 75.8 cm³/mol. The summed E-state index contributed by atoms with van der Waals surface area (Å²) in [5.74, 6) is 0.939. The van der Waals surface area contributed by atoms with Crippen LogP contribution in [0.1, 0.15) is 20.8 Å². The van der Waals surface area contributed by atoms with E-state index in [9.17, 15) is 5.11 Å².